The molecule has 1 aromatic heterocycles. The summed E-state index contributed by atoms with van der Waals surface area (Å²) in [5.74, 6) is 0.924. The van der Waals surface area contributed by atoms with Crippen molar-refractivity contribution in [3.05, 3.63) is 50.7 Å². The molecule has 0 bridgehead atoms. The third kappa shape index (κ3) is 1.95. The number of benzene rings is 1. The predicted molar refractivity (Wildman–Crippen MR) is 71.0 cm³/mol. The van der Waals surface area contributed by atoms with Gasteiger partial charge in [0.15, 0.2) is 0 Å². The summed E-state index contributed by atoms with van der Waals surface area (Å²) in [7, 11) is 0. The van der Waals surface area contributed by atoms with Gasteiger partial charge in [-0.15, -0.1) is 0 Å². The van der Waals surface area contributed by atoms with Crippen molar-refractivity contribution < 1.29 is 4.74 Å². The number of hydrogen-bond donors (Lipinski definition) is 1. The molecule has 2 aromatic rings. The molecule has 0 saturated carbocycles. The maximum Gasteiger partial charge on any atom is 0.127 e. The normalized spacial score (nSPS) is 15.4. The summed E-state index contributed by atoms with van der Waals surface area (Å²) in [5, 5.41) is 4.82. The highest BCUT2D eigenvalue weighted by molar-refractivity contribution is 7.08. The molecule has 3 rings (SSSR count). The molecule has 1 atom stereocenters. The van der Waals surface area contributed by atoms with E-state index in [9.17, 15) is 0 Å². The first kappa shape index (κ1) is 11.1. The predicted octanol–water partition coefficient (Wildman–Crippen LogP) is 3.38. The van der Waals surface area contributed by atoms with Crippen molar-refractivity contribution in [1.82, 2.24) is 0 Å². The maximum absolute atomic E-state index is 6.27. The van der Waals surface area contributed by atoms with Gasteiger partial charge in [0.25, 0.3) is 0 Å². The van der Waals surface area contributed by atoms with Crippen LogP contribution in [0.2, 0.25) is 5.02 Å². The van der Waals surface area contributed by atoms with Crippen LogP contribution in [-0.2, 0) is 6.42 Å². The number of rotatable bonds is 2. The van der Waals surface area contributed by atoms with E-state index >= 15 is 0 Å². The van der Waals surface area contributed by atoms with Crippen molar-refractivity contribution in [1.29, 1.82) is 0 Å². The molecule has 88 valence electrons. The van der Waals surface area contributed by atoms with Crippen LogP contribution < -0.4 is 10.5 Å². The Labute approximate surface area is 109 Å². The standard InChI is InChI=1S/C13H12ClNOS/c14-10-5-8-1-3-16-13(8)11(6-10)12(15)9-2-4-17-7-9/h2,4-7,12H,1,3,15H2. The lowest BCUT2D eigenvalue weighted by Gasteiger charge is -2.15. The number of fused-ring (bicyclic) bond motifs is 1. The fraction of sp³-hybridized carbons (Fsp3) is 0.231. The highest BCUT2D eigenvalue weighted by Gasteiger charge is 2.22. The van der Waals surface area contributed by atoms with Crippen molar-refractivity contribution in [2.45, 2.75) is 12.5 Å². The Morgan fingerprint density at radius 2 is 2.29 bits per heavy atom. The summed E-state index contributed by atoms with van der Waals surface area (Å²) in [6.07, 6.45) is 0.916. The maximum atomic E-state index is 6.27. The molecule has 0 radical (unpaired) electrons. The molecular weight excluding hydrogens is 254 g/mol. The second kappa shape index (κ2) is 4.33. The first-order valence-electron chi connectivity index (χ1n) is 5.48. The summed E-state index contributed by atoms with van der Waals surface area (Å²) in [5.41, 5.74) is 9.53. The van der Waals surface area contributed by atoms with Crippen molar-refractivity contribution in [2.24, 2.45) is 5.73 Å². The topological polar surface area (TPSA) is 35.2 Å². The SMILES string of the molecule is NC(c1ccsc1)c1cc(Cl)cc2c1OCC2. The third-order valence-electron chi connectivity index (χ3n) is 3.01. The summed E-state index contributed by atoms with van der Waals surface area (Å²) < 4.78 is 5.67. The molecule has 2 nitrogen and oxygen atoms in total. The summed E-state index contributed by atoms with van der Waals surface area (Å²) in [4.78, 5) is 0. The van der Waals surface area contributed by atoms with Crippen LogP contribution in [0.4, 0.5) is 0 Å². The molecule has 1 aromatic carbocycles. The lowest BCUT2D eigenvalue weighted by atomic mass is 9.98. The van der Waals surface area contributed by atoms with E-state index in [1.54, 1.807) is 11.3 Å². The Balaban J connectivity index is 2.09. The monoisotopic (exact) mass is 265 g/mol. The number of halogens is 1. The first-order valence-corrected chi connectivity index (χ1v) is 6.80. The highest BCUT2D eigenvalue weighted by atomic mass is 35.5. The molecule has 0 aliphatic carbocycles. The van der Waals surface area contributed by atoms with Gasteiger partial charge in [0.1, 0.15) is 5.75 Å². The molecule has 1 unspecified atom stereocenters. The molecule has 0 saturated heterocycles. The zero-order valence-corrected chi connectivity index (χ0v) is 10.7. The van der Waals surface area contributed by atoms with Crippen LogP contribution in [0.3, 0.4) is 0 Å². The fourth-order valence-electron chi connectivity index (χ4n) is 2.16. The van der Waals surface area contributed by atoms with Crippen molar-refractivity contribution in [2.75, 3.05) is 6.61 Å². The zero-order valence-electron chi connectivity index (χ0n) is 9.15. The number of hydrogen-bond acceptors (Lipinski definition) is 3. The van der Waals surface area contributed by atoms with Gasteiger partial charge >= 0.3 is 0 Å². The Morgan fingerprint density at radius 1 is 1.41 bits per heavy atom. The van der Waals surface area contributed by atoms with Gasteiger partial charge in [-0.1, -0.05) is 11.6 Å². The number of nitrogens with two attached hydrogens (primary N) is 1. The number of thiophene rings is 1. The van der Waals surface area contributed by atoms with E-state index in [-0.39, 0.29) is 6.04 Å². The Kier molecular flexibility index (Phi) is 2.82. The van der Waals surface area contributed by atoms with Crippen LogP contribution in [0.1, 0.15) is 22.7 Å². The van der Waals surface area contributed by atoms with Gasteiger partial charge in [-0.2, -0.15) is 11.3 Å². The van der Waals surface area contributed by atoms with Gasteiger partial charge in [-0.25, -0.2) is 0 Å². The lowest BCUT2D eigenvalue weighted by molar-refractivity contribution is 0.352. The molecule has 17 heavy (non-hydrogen) atoms. The quantitative estimate of drug-likeness (QED) is 0.903. The second-order valence-corrected chi connectivity index (χ2v) is 5.33. The minimum atomic E-state index is -0.160. The summed E-state index contributed by atoms with van der Waals surface area (Å²) in [6.45, 7) is 0.721. The largest absolute Gasteiger partial charge is 0.493 e. The van der Waals surface area contributed by atoms with Gasteiger partial charge in [-0.05, 0) is 40.1 Å². The number of ether oxygens (including phenoxy) is 1. The molecule has 1 aliphatic heterocycles. The van der Waals surface area contributed by atoms with E-state index in [4.69, 9.17) is 22.1 Å². The lowest BCUT2D eigenvalue weighted by Crippen LogP contribution is -2.12. The second-order valence-electron chi connectivity index (χ2n) is 4.12. The average Bonchev–Trinajstić information content (AvgIpc) is 2.97. The minimum absolute atomic E-state index is 0.160. The van der Waals surface area contributed by atoms with E-state index in [1.807, 2.05) is 23.6 Å². The highest BCUT2D eigenvalue weighted by Crippen LogP contribution is 2.37. The molecule has 0 fully saturated rings. The van der Waals surface area contributed by atoms with Gasteiger partial charge in [0.2, 0.25) is 0 Å². The molecule has 0 amide bonds. The van der Waals surface area contributed by atoms with E-state index in [1.165, 1.54) is 0 Å². The van der Waals surface area contributed by atoms with Gasteiger partial charge in [0, 0.05) is 17.0 Å². The van der Waals surface area contributed by atoms with Crippen LogP contribution in [-0.4, -0.2) is 6.61 Å². The Morgan fingerprint density at radius 3 is 3.06 bits per heavy atom. The van der Waals surface area contributed by atoms with Crippen molar-refractivity contribution in [3.63, 3.8) is 0 Å². The smallest absolute Gasteiger partial charge is 0.127 e. The molecule has 1 aliphatic rings. The van der Waals surface area contributed by atoms with E-state index in [0.29, 0.717) is 0 Å². The molecule has 0 spiro atoms. The molecule has 2 N–H and O–H groups in total. The van der Waals surface area contributed by atoms with Crippen LogP contribution in [0, 0.1) is 0 Å². The molecular formula is C13H12ClNOS. The van der Waals surface area contributed by atoms with E-state index in [2.05, 4.69) is 5.38 Å². The van der Waals surface area contributed by atoms with Crippen LogP contribution in [0.25, 0.3) is 0 Å². The van der Waals surface area contributed by atoms with Crippen LogP contribution in [0.5, 0.6) is 5.75 Å². The van der Waals surface area contributed by atoms with Crippen LogP contribution in [0.15, 0.2) is 29.0 Å². The van der Waals surface area contributed by atoms with Gasteiger partial charge in [-0.3, -0.25) is 0 Å². The summed E-state index contributed by atoms with van der Waals surface area (Å²) in [6, 6.07) is 5.76. The third-order valence-corrected chi connectivity index (χ3v) is 3.93. The average molecular weight is 266 g/mol. The Hall–Kier alpha value is -1.03. The fourth-order valence-corrected chi connectivity index (χ4v) is 3.11. The Bertz CT molecular complexity index is 539. The first-order chi connectivity index (χ1) is 8.25. The molecule has 2 heterocycles. The van der Waals surface area contributed by atoms with Crippen molar-refractivity contribution >= 4 is 22.9 Å². The van der Waals surface area contributed by atoms with E-state index in [0.717, 1.165) is 40.5 Å². The molecule has 4 heteroatoms. The zero-order chi connectivity index (χ0) is 11.8. The van der Waals surface area contributed by atoms with Crippen LogP contribution >= 0.6 is 22.9 Å². The van der Waals surface area contributed by atoms with E-state index < -0.39 is 0 Å². The van der Waals surface area contributed by atoms with Gasteiger partial charge < -0.3 is 10.5 Å². The minimum Gasteiger partial charge on any atom is -0.493 e. The summed E-state index contributed by atoms with van der Waals surface area (Å²) >= 11 is 7.77. The van der Waals surface area contributed by atoms with Gasteiger partial charge in [0.05, 0.1) is 12.6 Å². The van der Waals surface area contributed by atoms with Crippen molar-refractivity contribution in [3.8, 4) is 5.75 Å².